The maximum Gasteiger partial charge on any atom is 0.102 e. The van der Waals surface area contributed by atoms with Crippen molar-refractivity contribution >= 4 is 0 Å². The van der Waals surface area contributed by atoms with E-state index < -0.39 is 0 Å². The SMILES string of the molecule is CCC1OCCC1CNCCF. The Hall–Kier alpha value is -0.150. The summed E-state index contributed by atoms with van der Waals surface area (Å²) in [6.07, 6.45) is 2.59. The Labute approximate surface area is 73.5 Å². The van der Waals surface area contributed by atoms with Crippen molar-refractivity contribution in [3.63, 3.8) is 0 Å². The second-order valence-corrected chi connectivity index (χ2v) is 3.26. The number of hydrogen-bond donors (Lipinski definition) is 1. The second kappa shape index (κ2) is 5.49. The Balaban J connectivity index is 2.12. The van der Waals surface area contributed by atoms with Crippen molar-refractivity contribution in [1.29, 1.82) is 0 Å². The van der Waals surface area contributed by atoms with Crippen molar-refractivity contribution in [2.24, 2.45) is 5.92 Å². The lowest BCUT2D eigenvalue weighted by Gasteiger charge is -2.16. The minimum absolute atomic E-state index is 0.273. The Morgan fingerprint density at radius 3 is 3.08 bits per heavy atom. The fourth-order valence-corrected chi connectivity index (χ4v) is 1.73. The first kappa shape index (κ1) is 9.93. The molecule has 0 aromatic heterocycles. The van der Waals surface area contributed by atoms with E-state index in [-0.39, 0.29) is 6.67 Å². The van der Waals surface area contributed by atoms with E-state index in [1.165, 1.54) is 0 Å². The third kappa shape index (κ3) is 2.72. The van der Waals surface area contributed by atoms with Gasteiger partial charge < -0.3 is 10.1 Å². The van der Waals surface area contributed by atoms with E-state index in [0.29, 0.717) is 18.6 Å². The number of ether oxygens (including phenoxy) is 1. The van der Waals surface area contributed by atoms with Crippen LogP contribution in [0.2, 0.25) is 0 Å². The van der Waals surface area contributed by atoms with Gasteiger partial charge in [-0.15, -0.1) is 0 Å². The zero-order valence-electron chi connectivity index (χ0n) is 7.68. The molecule has 1 aliphatic rings. The minimum Gasteiger partial charge on any atom is -0.378 e. The first-order chi connectivity index (χ1) is 5.88. The summed E-state index contributed by atoms with van der Waals surface area (Å²) >= 11 is 0. The van der Waals surface area contributed by atoms with Crippen molar-refractivity contribution in [1.82, 2.24) is 5.32 Å². The van der Waals surface area contributed by atoms with Gasteiger partial charge in [0.1, 0.15) is 6.67 Å². The van der Waals surface area contributed by atoms with Gasteiger partial charge in [0.2, 0.25) is 0 Å². The van der Waals surface area contributed by atoms with E-state index in [1.807, 2.05) is 0 Å². The average Bonchev–Trinajstić information content (AvgIpc) is 2.52. The highest BCUT2D eigenvalue weighted by Gasteiger charge is 2.25. The van der Waals surface area contributed by atoms with Gasteiger partial charge in [0, 0.05) is 19.7 Å². The molecule has 1 N–H and O–H groups in total. The Morgan fingerprint density at radius 2 is 2.42 bits per heavy atom. The number of alkyl halides is 1. The van der Waals surface area contributed by atoms with Crippen molar-refractivity contribution in [3.8, 4) is 0 Å². The molecule has 3 heteroatoms. The van der Waals surface area contributed by atoms with Gasteiger partial charge in [0.05, 0.1) is 6.10 Å². The van der Waals surface area contributed by atoms with Crippen LogP contribution in [0, 0.1) is 5.92 Å². The van der Waals surface area contributed by atoms with Gasteiger partial charge in [-0.05, 0) is 18.8 Å². The van der Waals surface area contributed by atoms with E-state index in [0.717, 1.165) is 26.0 Å². The molecule has 2 unspecified atom stereocenters. The van der Waals surface area contributed by atoms with Crippen LogP contribution >= 0.6 is 0 Å². The van der Waals surface area contributed by atoms with Crippen LogP contribution in [0.4, 0.5) is 4.39 Å². The van der Waals surface area contributed by atoms with Gasteiger partial charge in [0.25, 0.3) is 0 Å². The van der Waals surface area contributed by atoms with Gasteiger partial charge >= 0.3 is 0 Å². The van der Waals surface area contributed by atoms with Crippen LogP contribution in [-0.2, 0) is 4.74 Å². The summed E-state index contributed by atoms with van der Waals surface area (Å²) in [4.78, 5) is 0. The molecule has 1 saturated heterocycles. The highest BCUT2D eigenvalue weighted by atomic mass is 19.1. The number of halogens is 1. The molecule has 2 nitrogen and oxygen atoms in total. The number of hydrogen-bond acceptors (Lipinski definition) is 2. The van der Waals surface area contributed by atoms with E-state index in [1.54, 1.807) is 0 Å². The summed E-state index contributed by atoms with van der Waals surface area (Å²) < 4.78 is 17.3. The topological polar surface area (TPSA) is 21.3 Å². The molecule has 0 amide bonds. The molecular formula is C9H18FNO. The Kier molecular flexibility index (Phi) is 4.54. The molecule has 0 bridgehead atoms. The maximum atomic E-state index is 11.8. The summed E-state index contributed by atoms with van der Waals surface area (Å²) in [5.41, 5.74) is 0. The third-order valence-corrected chi connectivity index (χ3v) is 2.43. The van der Waals surface area contributed by atoms with Crippen LogP contribution < -0.4 is 5.32 Å². The molecule has 2 atom stereocenters. The largest absolute Gasteiger partial charge is 0.378 e. The van der Waals surface area contributed by atoms with E-state index in [2.05, 4.69) is 12.2 Å². The molecular weight excluding hydrogens is 157 g/mol. The van der Waals surface area contributed by atoms with Gasteiger partial charge in [-0.25, -0.2) is 4.39 Å². The van der Waals surface area contributed by atoms with E-state index >= 15 is 0 Å². The molecule has 1 heterocycles. The van der Waals surface area contributed by atoms with Crippen LogP contribution in [0.15, 0.2) is 0 Å². The van der Waals surface area contributed by atoms with Gasteiger partial charge in [-0.3, -0.25) is 0 Å². The average molecular weight is 175 g/mol. The molecule has 1 aliphatic heterocycles. The predicted molar refractivity (Wildman–Crippen MR) is 47.0 cm³/mol. The third-order valence-electron chi connectivity index (χ3n) is 2.43. The van der Waals surface area contributed by atoms with Crippen LogP contribution in [0.5, 0.6) is 0 Å². The number of rotatable bonds is 5. The molecule has 1 rings (SSSR count). The Morgan fingerprint density at radius 1 is 1.58 bits per heavy atom. The zero-order valence-corrected chi connectivity index (χ0v) is 7.68. The molecule has 0 saturated carbocycles. The smallest absolute Gasteiger partial charge is 0.102 e. The molecule has 0 aromatic carbocycles. The lowest BCUT2D eigenvalue weighted by Crippen LogP contribution is -2.29. The van der Waals surface area contributed by atoms with Crippen molar-refractivity contribution in [3.05, 3.63) is 0 Å². The summed E-state index contributed by atoms with van der Waals surface area (Å²) in [5, 5.41) is 3.09. The Bertz CT molecular complexity index is 121. The first-order valence-corrected chi connectivity index (χ1v) is 4.76. The van der Waals surface area contributed by atoms with E-state index in [9.17, 15) is 4.39 Å². The second-order valence-electron chi connectivity index (χ2n) is 3.26. The molecule has 0 spiro atoms. The fraction of sp³-hybridized carbons (Fsp3) is 1.00. The van der Waals surface area contributed by atoms with Gasteiger partial charge in [-0.2, -0.15) is 0 Å². The van der Waals surface area contributed by atoms with Crippen LogP contribution in [0.1, 0.15) is 19.8 Å². The maximum absolute atomic E-state index is 11.8. The summed E-state index contributed by atoms with van der Waals surface area (Å²) in [7, 11) is 0. The molecule has 0 aliphatic carbocycles. The zero-order chi connectivity index (χ0) is 8.81. The molecule has 0 aromatic rings. The highest BCUT2D eigenvalue weighted by Crippen LogP contribution is 2.22. The summed E-state index contributed by atoms with van der Waals surface area (Å²) in [6, 6.07) is 0. The normalized spacial score (nSPS) is 29.5. The van der Waals surface area contributed by atoms with Crippen LogP contribution in [0.25, 0.3) is 0 Å². The number of nitrogens with one attached hydrogen (secondary N) is 1. The summed E-state index contributed by atoms with van der Waals surface area (Å²) in [5.74, 6) is 0.599. The quantitative estimate of drug-likeness (QED) is 0.637. The first-order valence-electron chi connectivity index (χ1n) is 4.76. The van der Waals surface area contributed by atoms with Crippen LogP contribution in [-0.4, -0.2) is 32.5 Å². The lowest BCUT2D eigenvalue weighted by atomic mass is 10.00. The van der Waals surface area contributed by atoms with Gasteiger partial charge in [-0.1, -0.05) is 6.92 Å². The monoisotopic (exact) mass is 175 g/mol. The molecule has 1 fully saturated rings. The van der Waals surface area contributed by atoms with Crippen molar-refractivity contribution in [2.45, 2.75) is 25.9 Å². The lowest BCUT2D eigenvalue weighted by molar-refractivity contribution is 0.0872. The minimum atomic E-state index is -0.273. The molecule has 0 radical (unpaired) electrons. The molecule has 72 valence electrons. The van der Waals surface area contributed by atoms with Crippen molar-refractivity contribution in [2.75, 3.05) is 26.4 Å². The molecule has 12 heavy (non-hydrogen) atoms. The van der Waals surface area contributed by atoms with Crippen LogP contribution in [0.3, 0.4) is 0 Å². The predicted octanol–water partition coefficient (Wildman–Crippen LogP) is 1.36. The van der Waals surface area contributed by atoms with Crippen molar-refractivity contribution < 1.29 is 9.13 Å². The fourth-order valence-electron chi connectivity index (χ4n) is 1.73. The van der Waals surface area contributed by atoms with E-state index in [4.69, 9.17) is 4.74 Å². The van der Waals surface area contributed by atoms with Gasteiger partial charge in [0.15, 0.2) is 0 Å². The standard InChI is InChI=1S/C9H18FNO/c1-2-9-8(3-6-12-9)7-11-5-4-10/h8-9,11H,2-7H2,1H3. The summed E-state index contributed by atoms with van der Waals surface area (Å²) in [6.45, 7) is 4.12. The highest BCUT2D eigenvalue weighted by molar-refractivity contribution is 4.76.